The zero-order chi connectivity index (χ0) is 13.6. The van der Waals surface area contributed by atoms with Crippen LogP contribution in [0.5, 0.6) is 0 Å². The molecule has 0 spiro atoms. The topological polar surface area (TPSA) is 26.0 Å². The maximum atomic E-state index is 13.5. The van der Waals surface area contributed by atoms with Crippen molar-refractivity contribution >= 4 is 15.9 Å². The van der Waals surface area contributed by atoms with E-state index in [1.165, 1.54) is 18.9 Å². The third kappa shape index (κ3) is 3.79. The molecule has 1 unspecified atom stereocenters. The van der Waals surface area contributed by atoms with Gasteiger partial charge in [0.15, 0.2) is 0 Å². The molecule has 1 rings (SSSR count). The first-order valence-electron chi connectivity index (χ1n) is 6.71. The fraction of sp³-hybridized carbons (Fsp3) is 0.600. The van der Waals surface area contributed by atoms with Crippen molar-refractivity contribution in [3.05, 3.63) is 34.1 Å². The minimum atomic E-state index is -0.190. The van der Waals surface area contributed by atoms with Gasteiger partial charge in [-0.05, 0) is 58.8 Å². The van der Waals surface area contributed by atoms with Gasteiger partial charge in [-0.15, -0.1) is 0 Å². The monoisotopic (exact) mass is 315 g/mol. The third-order valence-electron chi connectivity index (χ3n) is 3.84. The summed E-state index contributed by atoms with van der Waals surface area (Å²) in [6, 6.07) is 5.24. The van der Waals surface area contributed by atoms with E-state index in [1.54, 1.807) is 6.07 Å². The van der Waals surface area contributed by atoms with Gasteiger partial charge in [-0.1, -0.05) is 38.8 Å². The molecule has 3 heteroatoms. The Balaban J connectivity index is 2.92. The summed E-state index contributed by atoms with van der Waals surface area (Å²) in [5.41, 5.74) is 7.12. The number of hydrogen-bond donors (Lipinski definition) is 1. The molecule has 0 radical (unpaired) electrons. The third-order valence-corrected chi connectivity index (χ3v) is 4.73. The van der Waals surface area contributed by atoms with Gasteiger partial charge in [0.05, 0.1) is 4.47 Å². The molecule has 0 saturated carbocycles. The summed E-state index contributed by atoms with van der Waals surface area (Å²) in [6.07, 6.45) is 5.34. The van der Waals surface area contributed by atoms with Crippen LogP contribution in [0.4, 0.5) is 4.39 Å². The van der Waals surface area contributed by atoms with Crippen molar-refractivity contribution in [1.82, 2.24) is 0 Å². The molecule has 18 heavy (non-hydrogen) atoms. The van der Waals surface area contributed by atoms with E-state index >= 15 is 0 Å². The highest BCUT2D eigenvalue weighted by molar-refractivity contribution is 9.10. The second-order valence-corrected chi connectivity index (χ2v) is 5.84. The lowest BCUT2D eigenvalue weighted by Crippen LogP contribution is -2.32. The quantitative estimate of drug-likeness (QED) is 0.777. The number of unbranched alkanes of at least 4 members (excludes halogenated alkanes) is 1. The molecule has 0 heterocycles. The molecule has 1 nitrogen and oxygen atoms in total. The molecule has 1 atom stereocenters. The molecule has 2 N–H and O–H groups in total. The summed E-state index contributed by atoms with van der Waals surface area (Å²) in [7, 11) is 0. The van der Waals surface area contributed by atoms with Crippen LogP contribution in [0.1, 0.15) is 45.1 Å². The number of hydrogen-bond acceptors (Lipinski definition) is 1. The van der Waals surface area contributed by atoms with Gasteiger partial charge in [-0.2, -0.15) is 0 Å². The molecular weight excluding hydrogens is 293 g/mol. The molecular formula is C15H23BrFN. The van der Waals surface area contributed by atoms with Gasteiger partial charge in [0, 0.05) is 0 Å². The van der Waals surface area contributed by atoms with Gasteiger partial charge in [0.25, 0.3) is 0 Å². The van der Waals surface area contributed by atoms with Crippen molar-refractivity contribution in [3.63, 3.8) is 0 Å². The summed E-state index contributed by atoms with van der Waals surface area (Å²) in [5, 5.41) is 0. The molecule has 0 bridgehead atoms. The Morgan fingerprint density at radius 2 is 2.06 bits per heavy atom. The van der Waals surface area contributed by atoms with Crippen LogP contribution in [0.15, 0.2) is 22.7 Å². The van der Waals surface area contributed by atoms with Gasteiger partial charge < -0.3 is 5.73 Å². The lowest BCUT2D eigenvalue weighted by molar-refractivity contribution is 0.250. The Morgan fingerprint density at radius 3 is 2.61 bits per heavy atom. The zero-order valence-corrected chi connectivity index (χ0v) is 12.9. The highest BCUT2D eigenvalue weighted by Gasteiger charge is 2.27. The van der Waals surface area contributed by atoms with Gasteiger partial charge in [0.1, 0.15) is 5.82 Å². The highest BCUT2D eigenvalue weighted by atomic mass is 79.9. The second-order valence-electron chi connectivity index (χ2n) is 5.05. The summed E-state index contributed by atoms with van der Waals surface area (Å²) in [6.45, 7) is 5.03. The fourth-order valence-electron chi connectivity index (χ4n) is 2.35. The van der Waals surface area contributed by atoms with E-state index in [9.17, 15) is 4.39 Å². The highest BCUT2D eigenvalue weighted by Crippen LogP contribution is 2.34. The number of halogens is 2. The first-order chi connectivity index (χ1) is 8.58. The van der Waals surface area contributed by atoms with E-state index in [1.807, 2.05) is 6.07 Å². The van der Waals surface area contributed by atoms with Crippen molar-refractivity contribution in [1.29, 1.82) is 0 Å². The first-order valence-corrected chi connectivity index (χ1v) is 7.51. The lowest BCUT2D eigenvalue weighted by Gasteiger charge is -2.32. The number of benzene rings is 1. The average Bonchev–Trinajstić information content (AvgIpc) is 2.40. The van der Waals surface area contributed by atoms with Crippen LogP contribution >= 0.6 is 15.9 Å². The standard InChI is InChI=1S/C15H23BrFN/c1-3-5-9-15(4-2,11-18)10-12-7-6-8-13(17)14(12)16/h6-8H,3-5,9-11,18H2,1-2H3. The maximum Gasteiger partial charge on any atom is 0.137 e. The van der Waals surface area contributed by atoms with Crippen LogP contribution in [-0.4, -0.2) is 6.54 Å². The van der Waals surface area contributed by atoms with Crippen LogP contribution in [0.2, 0.25) is 0 Å². The molecule has 0 aliphatic rings. The smallest absolute Gasteiger partial charge is 0.137 e. The largest absolute Gasteiger partial charge is 0.330 e. The van der Waals surface area contributed by atoms with E-state index in [0.717, 1.165) is 24.8 Å². The fourth-order valence-corrected chi connectivity index (χ4v) is 2.75. The minimum absolute atomic E-state index is 0.103. The van der Waals surface area contributed by atoms with Gasteiger partial charge in [0.2, 0.25) is 0 Å². The van der Waals surface area contributed by atoms with Crippen molar-refractivity contribution in [2.75, 3.05) is 6.54 Å². The molecule has 1 aromatic rings. The van der Waals surface area contributed by atoms with E-state index in [-0.39, 0.29) is 11.2 Å². The van der Waals surface area contributed by atoms with E-state index < -0.39 is 0 Å². The lowest BCUT2D eigenvalue weighted by atomic mass is 9.75. The molecule has 0 amide bonds. The average molecular weight is 316 g/mol. The molecule has 0 aromatic heterocycles. The van der Waals surface area contributed by atoms with Crippen molar-refractivity contribution in [2.24, 2.45) is 11.1 Å². The van der Waals surface area contributed by atoms with E-state index in [0.29, 0.717) is 11.0 Å². The summed E-state index contributed by atoms with van der Waals surface area (Å²) in [4.78, 5) is 0. The molecule has 0 fully saturated rings. The first kappa shape index (κ1) is 15.6. The van der Waals surface area contributed by atoms with Crippen LogP contribution in [0, 0.1) is 11.2 Å². The number of rotatable bonds is 7. The summed E-state index contributed by atoms with van der Waals surface area (Å²) >= 11 is 3.34. The zero-order valence-electron chi connectivity index (χ0n) is 11.3. The van der Waals surface area contributed by atoms with E-state index in [4.69, 9.17) is 5.73 Å². The van der Waals surface area contributed by atoms with Crippen LogP contribution in [0.25, 0.3) is 0 Å². The SMILES string of the molecule is CCCCC(CC)(CN)Cc1cccc(F)c1Br. The molecule has 102 valence electrons. The molecule has 1 aromatic carbocycles. The van der Waals surface area contributed by atoms with Gasteiger partial charge >= 0.3 is 0 Å². The normalized spacial score (nSPS) is 14.5. The molecule has 0 aliphatic heterocycles. The Labute approximate surface area is 118 Å². The Morgan fingerprint density at radius 1 is 1.33 bits per heavy atom. The van der Waals surface area contributed by atoms with E-state index in [2.05, 4.69) is 29.8 Å². The predicted octanol–water partition coefficient (Wildman–Crippen LogP) is 4.68. The Hall–Kier alpha value is -0.410. The second kappa shape index (κ2) is 7.25. The minimum Gasteiger partial charge on any atom is -0.330 e. The van der Waals surface area contributed by atoms with Crippen molar-refractivity contribution in [2.45, 2.75) is 46.0 Å². The van der Waals surface area contributed by atoms with Crippen LogP contribution in [-0.2, 0) is 6.42 Å². The Kier molecular flexibility index (Phi) is 6.30. The molecule has 0 saturated heterocycles. The van der Waals surface area contributed by atoms with Gasteiger partial charge in [-0.25, -0.2) is 4.39 Å². The van der Waals surface area contributed by atoms with Crippen molar-refractivity contribution in [3.8, 4) is 0 Å². The van der Waals surface area contributed by atoms with Gasteiger partial charge in [-0.3, -0.25) is 0 Å². The van der Waals surface area contributed by atoms with Crippen LogP contribution in [0.3, 0.4) is 0 Å². The molecule has 0 aliphatic carbocycles. The maximum absolute atomic E-state index is 13.5. The van der Waals surface area contributed by atoms with Crippen molar-refractivity contribution < 1.29 is 4.39 Å². The predicted molar refractivity (Wildman–Crippen MR) is 79.1 cm³/mol. The summed E-state index contributed by atoms with van der Waals surface area (Å²) < 4.78 is 14.1. The Bertz CT molecular complexity index is 375. The summed E-state index contributed by atoms with van der Waals surface area (Å²) in [5.74, 6) is -0.190. The number of nitrogens with two attached hydrogens (primary N) is 1. The van der Waals surface area contributed by atoms with Crippen LogP contribution < -0.4 is 5.73 Å².